The summed E-state index contributed by atoms with van der Waals surface area (Å²) >= 11 is 0. The average molecular weight is 408 g/mol. The molecule has 8 nitrogen and oxygen atoms in total. The Labute approximate surface area is 172 Å². The first-order valence-electron chi connectivity index (χ1n) is 9.96. The number of likely N-dealkylation sites (tertiary alicyclic amines) is 1. The molecule has 0 radical (unpaired) electrons. The van der Waals surface area contributed by atoms with Crippen LogP contribution in [0.3, 0.4) is 0 Å². The van der Waals surface area contributed by atoms with Crippen molar-refractivity contribution in [2.45, 2.75) is 26.7 Å². The van der Waals surface area contributed by atoms with Crippen LogP contribution in [0.1, 0.15) is 32.3 Å². The predicted molar refractivity (Wildman–Crippen MR) is 111 cm³/mol. The van der Waals surface area contributed by atoms with Crippen molar-refractivity contribution in [2.75, 3.05) is 47.5 Å². The summed E-state index contributed by atoms with van der Waals surface area (Å²) < 4.78 is 16.3. The number of hydrogen-bond acceptors (Lipinski definition) is 5. The maximum Gasteiger partial charge on any atom is 0.317 e. The van der Waals surface area contributed by atoms with Crippen molar-refractivity contribution in [1.82, 2.24) is 15.5 Å². The summed E-state index contributed by atoms with van der Waals surface area (Å²) in [6.45, 7) is 7.89. The third-order valence-corrected chi connectivity index (χ3v) is 5.07. The second-order valence-corrected chi connectivity index (χ2v) is 7.55. The van der Waals surface area contributed by atoms with Crippen LogP contribution in [-0.2, 0) is 4.79 Å². The maximum absolute atomic E-state index is 12.9. The Bertz CT molecular complexity index is 697. The summed E-state index contributed by atoms with van der Waals surface area (Å²) in [5.74, 6) is 1.30. The summed E-state index contributed by atoms with van der Waals surface area (Å²) in [4.78, 5) is 27.0. The number of hydrogen-bond donors (Lipinski definition) is 2. The van der Waals surface area contributed by atoms with Crippen LogP contribution >= 0.6 is 0 Å². The van der Waals surface area contributed by atoms with Gasteiger partial charge in [0.2, 0.25) is 11.7 Å². The van der Waals surface area contributed by atoms with Crippen molar-refractivity contribution in [3.63, 3.8) is 0 Å². The van der Waals surface area contributed by atoms with Crippen LogP contribution in [0.2, 0.25) is 0 Å². The number of carbonyl (C=O) groups excluding carboxylic acids is 2. The van der Waals surface area contributed by atoms with Gasteiger partial charge in [-0.3, -0.25) is 4.79 Å². The molecule has 0 bridgehead atoms. The van der Waals surface area contributed by atoms with Gasteiger partial charge < -0.3 is 29.7 Å². The summed E-state index contributed by atoms with van der Waals surface area (Å²) in [6.07, 6.45) is 0. The molecule has 1 aliphatic rings. The van der Waals surface area contributed by atoms with E-state index in [1.807, 2.05) is 32.9 Å². The van der Waals surface area contributed by atoms with E-state index in [0.717, 1.165) is 5.56 Å². The van der Waals surface area contributed by atoms with Gasteiger partial charge in [-0.2, -0.15) is 0 Å². The average Bonchev–Trinajstić information content (AvgIpc) is 3.16. The van der Waals surface area contributed by atoms with Crippen molar-refractivity contribution < 1.29 is 23.8 Å². The Morgan fingerprint density at radius 2 is 1.69 bits per heavy atom. The third-order valence-electron chi connectivity index (χ3n) is 5.07. The fourth-order valence-electron chi connectivity index (χ4n) is 3.59. The number of rotatable bonds is 8. The molecule has 0 saturated carbocycles. The van der Waals surface area contributed by atoms with Gasteiger partial charge in [0, 0.05) is 32.1 Å². The van der Waals surface area contributed by atoms with Gasteiger partial charge in [0.25, 0.3) is 0 Å². The highest BCUT2D eigenvalue weighted by Crippen LogP contribution is 2.43. The van der Waals surface area contributed by atoms with Gasteiger partial charge in [-0.15, -0.1) is 0 Å². The number of nitrogens with zero attached hydrogens (tertiary/aromatic N) is 1. The summed E-state index contributed by atoms with van der Waals surface area (Å²) in [7, 11) is 4.67. The van der Waals surface area contributed by atoms with Crippen molar-refractivity contribution in [3.8, 4) is 17.2 Å². The number of benzene rings is 1. The van der Waals surface area contributed by atoms with E-state index in [4.69, 9.17) is 14.2 Å². The van der Waals surface area contributed by atoms with E-state index in [0.29, 0.717) is 49.3 Å². The highest BCUT2D eigenvalue weighted by molar-refractivity contribution is 5.83. The second kappa shape index (κ2) is 10.2. The molecule has 0 aromatic heterocycles. The van der Waals surface area contributed by atoms with Crippen LogP contribution in [0.4, 0.5) is 4.79 Å². The summed E-state index contributed by atoms with van der Waals surface area (Å²) in [5, 5.41) is 5.83. The standard InChI is InChI=1S/C21H33N3O5/c1-7-22-21(26)24-11-15(16(12-24)20(25)23-10-13(2)3)14-8-17(27-4)19(29-6)18(9-14)28-5/h8-9,13,15-16H,7,10-12H2,1-6H3,(H,22,26)(H,23,25)/t15-,16+/m0/s1. The zero-order valence-corrected chi connectivity index (χ0v) is 18.2. The molecule has 3 amide bonds. The minimum atomic E-state index is -0.362. The minimum Gasteiger partial charge on any atom is -0.493 e. The fourth-order valence-corrected chi connectivity index (χ4v) is 3.59. The molecule has 2 atom stereocenters. The summed E-state index contributed by atoms with van der Waals surface area (Å²) in [5.41, 5.74) is 0.871. The Morgan fingerprint density at radius 1 is 1.07 bits per heavy atom. The number of urea groups is 1. The SMILES string of the molecule is CCNC(=O)N1C[C@@H](C(=O)NCC(C)C)[C@H](c2cc(OC)c(OC)c(OC)c2)C1. The third kappa shape index (κ3) is 5.25. The molecule has 1 aliphatic heterocycles. The monoisotopic (exact) mass is 407 g/mol. The number of methoxy groups -OCH3 is 3. The minimum absolute atomic E-state index is 0.0516. The number of ether oxygens (including phenoxy) is 3. The predicted octanol–water partition coefficient (Wildman–Crippen LogP) is 2.23. The summed E-state index contributed by atoms with van der Waals surface area (Å²) in [6, 6.07) is 3.55. The molecule has 0 unspecified atom stereocenters. The molecule has 0 aliphatic carbocycles. The Morgan fingerprint density at radius 3 is 2.17 bits per heavy atom. The van der Waals surface area contributed by atoms with Crippen LogP contribution in [0, 0.1) is 11.8 Å². The molecule has 1 fully saturated rings. The first-order chi connectivity index (χ1) is 13.9. The van der Waals surface area contributed by atoms with Crippen LogP contribution in [-0.4, -0.2) is 64.3 Å². The molecule has 1 aromatic rings. The highest BCUT2D eigenvalue weighted by atomic mass is 16.5. The van der Waals surface area contributed by atoms with Crippen molar-refractivity contribution in [3.05, 3.63) is 17.7 Å². The zero-order valence-electron chi connectivity index (χ0n) is 18.2. The molecule has 162 valence electrons. The fraction of sp³-hybridized carbons (Fsp3) is 0.619. The lowest BCUT2D eigenvalue weighted by molar-refractivity contribution is -0.125. The van der Waals surface area contributed by atoms with Gasteiger partial charge in [-0.05, 0) is 30.5 Å². The van der Waals surface area contributed by atoms with Crippen LogP contribution < -0.4 is 24.8 Å². The largest absolute Gasteiger partial charge is 0.493 e. The molecule has 2 rings (SSSR count). The van der Waals surface area contributed by atoms with Gasteiger partial charge in [0.05, 0.1) is 27.2 Å². The topological polar surface area (TPSA) is 89.1 Å². The van der Waals surface area contributed by atoms with E-state index in [2.05, 4.69) is 10.6 Å². The second-order valence-electron chi connectivity index (χ2n) is 7.55. The smallest absolute Gasteiger partial charge is 0.317 e. The number of amides is 3. The molecule has 0 spiro atoms. The quantitative estimate of drug-likeness (QED) is 0.690. The number of carbonyl (C=O) groups is 2. The van der Waals surface area contributed by atoms with E-state index < -0.39 is 0 Å². The first-order valence-corrected chi connectivity index (χ1v) is 9.96. The lowest BCUT2D eigenvalue weighted by Gasteiger charge is -2.21. The molecule has 29 heavy (non-hydrogen) atoms. The zero-order chi connectivity index (χ0) is 21.6. The van der Waals surface area contributed by atoms with E-state index in [1.165, 1.54) is 0 Å². The first kappa shape index (κ1) is 22.6. The van der Waals surface area contributed by atoms with E-state index in [9.17, 15) is 9.59 Å². The van der Waals surface area contributed by atoms with Crippen LogP contribution in [0.15, 0.2) is 12.1 Å². The van der Waals surface area contributed by atoms with Gasteiger partial charge in [-0.1, -0.05) is 13.8 Å². The van der Waals surface area contributed by atoms with Gasteiger partial charge in [0.1, 0.15) is 0 Å². The molecular weight excluding hydrogens is 374 g/mol. The van der Waals surface area contributed by atoms with Crippen LogP contribution in [0.25, 0.3) is 0 Å². The van der Waals surface area contributed by atoms with Crippen molar-refractivity contribution in [2.24, 2.45) is 11.8 Å². The lowest BCUT2D eigenvalue weighted by Crippen LogP contribution is -2.40. The Kier molecular flexibility index (Phi) is 7.99. The van der Waals surface area contributed by atoms with Crippen molar-refractivity contribution >= 4 is 11.9 Å². The van der Waals surface area contributed by atoms with Gasteiger partial charge >= 0.3 is 6.03 Å². The van der Waals surface area contributed by atoms with Crippen LogP contribution in [0.5, 0.6) is 17.2 Å². The van der Waals surface area contributed by atoms with E-state index in [1.54, 1.807) is 26.2 Å². The van der Waals surface area contributed by atoms with E-state index >= 15 is 0 Å². The van der Waals surface area contributed by atoms with Gasteiger partial charge in [0.15, 0.2) is 11.5 Å². The molecule has 1 saturated heterocycles. The normalized spacial score (nSPS) is 18.5. The number of nitrogens with one attached hydrogen (secondary N) is 2. The molecular formula is C21H33N3O5. The Hall–Kier alpha value is -2.64. The van der Waals surface area contributed by atoms with Crippen molar-refractivity contribution in [1.29, 1.82) is 0 Å². The molecule has 2 N–H and O–H groups in total. The molecule has 1 aromatic carbocycles. The van der Waals surface area contributed by atoms with E-state index in [-0.39, 0.29) is 23.8 Å². The maximum atomic E-state index is 12.9. The highest BCUT2D eigenvalue weighted by Gasteiger charge is 2.41. The Balaban J connectivity index is 2.39. The van der Waals surface area contributed by atoms with Gasteiger partial charge in [-0.25, -0.2) is 4.79 Å². The molecule has 8 heteroatoms. The lowest BCUT2D eigenvalue weighted by atomic mass is 9.87. The molecule has 1 heterocycles.